The lowest BCUT2D eigenvalue weighted by Crippen LogP contribution is -2.63. The second-order valence-corrected chi connectivity index (χ2v) is 6.69. The van der Waals surface area contributed by atoms with Crippen LogP contribution in [0, 0.1) is 13.8 Å². The Morgan fingerprint density at radius 1 is 1.32 bits per heavy atom. The van der Waals surface area contributed by atoms with E-state index in [0.29, 0.717) is 37.3 Å². The zero-order chi connectivity index (χ0) is 17.4. The van der Waals surface area contributed by atoms with Crippen molar-refractivity contribution in [2.24, 2.45) is 0 Å². The van der Waals surface area contributed by atoms with Crippen LogP contribution in [0.25, 0.3) is 0 Å². The van der Waals surface area contributed by atoms with E-state index in [9.17, 15) is 4.79 Å². The average Bonchev–Trinajstić information content (AvgIpc) is 3.15. The van der Waals surface area contributed by atoms with Crippen molar-refractivity contribution in [2.75, 3.05) is 32.8 Å². The first-order valence-electron chi connectivity index (χ1n) is 8.57. The van der Waals surface area contributed by atoms with Crippen molar-refractivity contribution in [2.45, 2.75) is 32.4 Å². The molecule has 25 heavy (non-hydrogen) atoms. The molecule has 0 bridgehead atoms. The van der Waals surface area contributed by atoms with E-state index in [1.807, 2.05) is 17.9 Å². The number of morpholine rings is 1. The van der Waals surface area contributed by atoms with Crippen molar-refractivity contribution in [1.82, 2.24) is 19.9 Å². The van der Waals surface area contributed by atoms with Gasteiger partial charge in [0.1, 0.15) is 11.9 Å². The van der Waals surface area contributed by atoms with Crippen LogP contribution in [0.1, 0.15) is 29.1 Å². The van der Waals surface area contributed by atoms with Crippen LogP contribution in [-0.2, 0) is 16.0 Å². The maximum atomic E-state index is 12.4. The molecule has 0 spiro atoms. The number of furan rings is 1. The molecule has 0 N–H and O–H groups in total. The summed E-state index contributed by atoms with van der Waals surface area (Å²) < 4.78 is 16.3. The molecule has 1 amide bonds. The van der Waals surface area contributed by atoms with Gasteiger partial charge in [-0.05, 0) is 25.5 Å². The zero-order valence-electron chi connectivity index (χ0n) is 14.5. The second-order valence-electron chi connectivity index (χ2n) is 6.69. The van der Waals surface area contributed by atoms with Crippen LogP contribution < -0.4 is 0 Å². The first-order chi connectivity index (χ1) is 12.1. The minimum absolute atomic E-state index is 0.117. The monoisotopic (exact) mass is 346 g/mol. The lowest BCUT2D eigenvalue weighted by molar-refractivity contribution is -0.141. The Balaban J connectivity index is 1.29. The Bertz CT molecular complexity index is 749. The number of amides is 1. The third-order valence-electron chi connectivity index (χ3n) is 4.93. The van der Waals surface area contributed by atoms with E-state index in [1.54, 1.807) is 13.2 Å². The standard InChI is InChI=1S/C17H22N4O4/c1-11-3-5-23-14(11)7-16(22)21-8-13(9-21)20-4-6-24-15(10-20)17-18-12(2)19-25-17/h3,5,13,15H,4,6-10H2,1-2H3. The molecule has 2 aromatic rings. The van der Waals surface area contributed by atoms with Crippen molar-refractivity contribution in [3.63, 3.8) is 0 Å². The molecule has 8 heteroatoms. The van der Waals surface area contributed by atoms with Crippen LogP contribution in [0.15, 0.2) is 21.3 Å². The van der Waals surface area contributed by atoms with Crippen LogP contribution in [0.3, 0.4) is 0 Å². The lowest BCUT2D eigenvalue weighted by Gasteiger charge is -2.47. The Kier molecular flexibility index (Phi) is 4.30. The SMILES string of the molecule is Cc1noc(C2CN(C3CN(C(=O)Cc4occc4C)C3)CCO2)n1. The summed E-state index contributed by atoms with van der Waals surface area (Å²) >= 11 is 0. The predicted molar refractivity (Wildman–Crippen MR) is 86.8 cm³/mol. The second kappa shape index (κ2) is 6.61. The van der Waals surface area contributed by atoms with Crippen molar-refractivity contribution < 1.29 is 18.5 Å². The highest BCUT2D eigenvalue weighted by Gasteiger charge is 2.38. The zero-order valence-corrected chi connectivity index (χ0v) is 14.5. The number of ether oxygens (including phenoxy) is 1. The number of likely N-dealkylation sites (tertiary alicyclic amines) is 1. The van der Waals surface area contributed by atoms with E-state index in [0.717, 1.165) is 31.0 Å². The van der Waals surface area contributed by atoms with E-state index >= 15 is 0 Å². The third kappa shape index (κ3) is 3.32. The van der Waals surface area contributed by atoms with Crippen molar-refractivity contribution >= 4 is 5.91 Å². The molecule has 0 saturated carbocycles. The van der Waals surface area contributed by atoms with E-state index in [1.165, 1.54) is 0 Å². The van der Waals surface area contributed by atoms with Crippen molar-refractivity contribution in [1.29, 1.82) is 0 Å². The minimum Gasteiger partial charge on any atom is -0.469 e. The highest BCUT2D eigenvalue weighted by atomic mass is 16.5. The smallest absolute Gasteiger partial charge is 0.257 e. The van der Waals surface area contributed by atoms with Crippen LogP contribution in [0.2, 0.25) is 0 Å². The fourth-order valence-corrected chi connectivity index (χ4v) is 3.32. The molecule has 2 fully saturated rings. The van der Waals surface area contributed by atoms with Crippen LogP contribution >= 0.6 is 0 Å². The molecule has 1 unspecified atom stereocenters. The fraction of sp³-hybridized carbons (Fsp3) is 0.588. The molecule has 2 aliphatic heterocycles. The summed E-state index contributed by atoms with van der Waals surface area (Å²) in [5.74, 6) is 2.02. The molecule has 0 radical (unpaired) electrons. The van der Waals surface area contributed by atoms with Gasteiger partial charge in [0.05, 0.1) is 19.3 Å². The van der Waals surface area contributed by atoms with E-state index < -0.39 is 0 Å². The van der Waals surface area contributed by atoms with Gasteiger partial charge in [0.2, 0.25) is 5.91 Å². The summed E-state index contributed by atoms with van der Waals surface area (Å²) in [4.78, 5) is 20.8. The Morgan fingerprint density at radius 3 is 2.84 bits per heavy atom. The van der Waals surface area contributed by atoms with Gasteiger partial charge in [-0.1, -0.05) is 5.16 Å². The van der Waals surface area contributed by atoms with E-state index in [2.05, 4.69) is 15.0 Å². The first kappa shape index (κ1) is 16.3. The molecule has 134 valence electrons. The lowest BCUT2D eigenvalue weighted by atomic mass is 10.0. The number of aryl methyl sites for hydroxylation is 2. The van der Waals surface area contributed by atoms with Gasteiger partial charge in [0.25, 0.3) is 5.89 Å². The third-order valence-corrected chi connectivity index (χ3v) is 4.93. The number of hydrogen-bond acceptors (Lipinski definition) is 7. The summed E-state index contributed by atoms with van der Waals surface area (Å²) in [6, 6.07) is 2.24. The largest absolute Gasteiger partial charge is 0.469 e. The molecule has 0 aromatic carbocycles. The van der Waals surface area contributed by atoms with Crippen LogP contribution in [-0.4, -0.2) is 64.7 Å². The Hall–Kier alpha value is -2.19. The van der Waals surface area contributed by atoms with Gasteiger partial charge in [0.15, 0.2) is 5.82 Å². The highest BCUT2D eigenvalue weighted by Crippen LogP contribution is 2.25. The van der Waals surface area contributed by atoms with Crippen LogP contribution in [0.5, 0.6) is 0 Å². The molecule has 2 aliphatic rings. The Morgan fingerprint density at radius 2 is 2.16 bits per heavy atom. The number of hydrogen-bond donors (Lipinski definition) is 0. The topological polar surface area (TPSA) is 84.8 Å². The number of carbonyl (C=O) groups excluding carboxylic acids is 1. The maximum absolute atomic E-state index is 12.4. The summed E-state index contributed by atoms with van der Waals surface area (Å²) in [5, 5.41) is 3.83. The number of nitrogens with zero attached hydrogens (tertiary/aromatic N) is 4. The normalized spacial score (nSPS) is 22.2. The summed E-state index contributed by atoms with van der Waals surface area (Å²) in [6.45, 7) is 7.44. The van der Waals surface area contributed by atoms with Gasteiger partial charge in [-0.2, -0.15) is 4.98 Å². The van der Waals surface area contributed by atoms with Gasteiger partial charge in [-0.25, -0.2) is 0 Å². The first-order valence-corrected chi connectivity index (χ1v) is 8.57. The molecule has 8 nitrogen and oxygen atoms in total. The van der Waals surface area contributed by atoms with Gasteiger partial charge in [0, 0.05) is 32.2 Å². The quantitative estimate of drug-likeness (QED) is 0.820. The molecule has 1 atom stereocenters. The predicted octanol–water partition coefficient (Wildman–Crippen LogP) is 1.11. The molecular formula is C17H22N4O4. The van der Waals surface area contributed by atoms with Crippen molar-refractivity contribution in [3.05, 3.63) is 35.4 Å². The summed E-state index contributed by atoms with van der Waals surface area (Å²) in [5.41, 5.74) is 1.02. The van der Waals surface area contributed by atoms with Gasteiger partial charge >= 0.3 is 0 Å². The van der Waals surface area contributed by atoms with Crippen LogP contribution in [0.4, 0.5) is 0 Å². The molecular weight excluding hydrogens is 324 g/mol. The molecule has 2 saturated heterocycles. The molecule has 4 rings (SSSR count). The number of carbonyl (C=O) groups is 1. The molecule has 4 heterocycles. The number of aromatic nitrogens is 2. The van der Waals surface area contributed by atoms with E-state index in [4.69, 9.17) is 13.7 Å². The maximum Gasteiger partial charge on any atom is 0.257 e. The summed E-state index contributed by atoms with van der Waals surface area (Å²) in [7, 11) is 0. The van der Waals surface area contributed by atoms with Gasteiger partial charge in [-0.15, -0.1) is 0 Å². The average molecular weight is 346 g/mol. The van der Waals surface area contributed by atoms with Gasteiger partial charge in [-0.3, -0.25) is 9.69 Å². The van der Waals surface area contributed by atoms with E-state index in [-0.39, 0.29) is 12.0 Å². The Labute approximate surface area is 145 Å². The summed E-state index contributed by atoms with van der Waals surface area (Å²) in [6.07, 6.45) is 1.77. The minimum atomic E-state index is -0.189. The fourth-order valence-electron chi connectivity index (χ4n) is 3.32. The molecule has 0 aliphatic carbocycles. The highest BCUT2D eigenvalue weighted by molar-refractivity contribution is 5.79. The van der Waals surface area contributed by atoms with Gasteiger partial charge < -0.3 is 18.6 Å². The van der Waals surface area contributed by atoms with Crippen molar-refractivity contribution in [3.8, 4) is 0 Å². The molecule has 2 aromatic heterocycles. The number of rotatable bonds is 4.